The van der Waals surface area contributed by atoms with E-state index in [9.17, 15) is 19.5 Å². The lowest BCUT2D eigenvalue weighted by Crippen LogP contribution is -2.71. The minimum atomic E-state index is -1.21. The molecule has 36 heavy (non-hydrogen) atoms. The fraction of sp³-hybridized carbons (Fsp3) is 0.263. The molecule has 4 N–H and O–H groups in total. The summed E-state index contributed by atoms with van der Waals surface area (Å²) in [4.78, 5) is 52.2. The number of aromatic nitrogens is 5. The third-order valence-corrected chi connectivity index (χ3v) is 8.29. The van der Waals surface area contributed by atoms with Gasteiger partial charge in [0, 0.05) is 16.9 Å². The Morgan fingerprint density at radius 1 is 1.44 bits per heavy atom. The number of nitrogens with zero attached hydrogens (tertiary/aromatic N) is 7. The molecule has 17 heteroatoms. The molecule has 186 valence electrons. The zero-order valence-corrected chi connectivity index (χ0v) is 20.8. The first-order valence-electron chi connectivity index (χ1n) is 10.2. The van der Waals surface area contributed by atoms with Gasteiger partial charge < -0.3 is 21.0 Å². The SMILES string of the molecule is CON=C(C(=O)N[C@@H]1C(=O)N2C(C(=O)O)=C(CSc3cc4cnnn4cn3)CS[C@H]12)c1csc(N)n1. The largest absolute Gasteiger partial charge is 0.477 e. The van der Waals surface area contributed by atoms with E-state index in [1.807, 2.05) is 0 Å². The van der Waals surface area contributed by atoms with Crippen molar-refractivity contribution in [2.45, 2.75) is 16.4 Å². The molecule has 3 aromatic heterocycles. The van der Waals surface area contributed by atoms with Gasteiger partial charge in [0.05, 0.1) is 11.7 Å². The number of aliphatic carboxylic acids is 1. The molecule has 0 aliphatic carbocycles. The number of carboxylic acid groups (broad SMARTS) is 1. The normalized spacial score (nSPS) is 19.8. The predicted molar refractivity (Wildman–Crippen MR) is 131 cm³/mol. The van der Waals surface area contributed by atoms with E-state index >= 15 is 0 Å². The molecular weight excluding hydrogens is 530 g/mol. The van der Waals surface area contributed by atoms with Crippen LogP contribution in [0.15, 0.2) is 45.4 Å². The first-order valence-corrected chi connectivity index (χ1v) is 13.1. The van der Waals surface area contributed by atoms with Gasteiger partial charge in [0.15, 0.2) is 10.8 Å². The van der Waals surface area contributed by atoms with E-state index in [4.69, 9.17) is 10.6 Å². The highest BCUT2D eigenvalue weighted by atomic mass is 32.2. The topological polar surface area (TPSA) is 190 Å². The minimum absolute atomic E-state index is 0.0769. The van der Waals surface area contributed by atoms with Crippen LogP contribution in [0.1, 0.15) is 5.69 Å². The molecule has 1 fully saturated rings. The average Bonchev–Trinajstić information content (AvgIpc) is 3.51. The van der Waals surface area contributed by atoms with Gasteiger partial charge in [0.2, 0.25) is 0 Å². The Morgan fingerprint density at radius 3 is 3.00 bits per heavy atom. The molecule has 1 saturated heterocycles. The molecule has 0 unspecified atom stereocenters. The minimum Gasteiger partial charge on any atom is -0.477 e. The maximum Gasteiger partial charge on any atom is 0.352 e. The van der Waals surface area contributed by atoms with Crippen molar-refractivity contribution in [1.82, 2.24) is 35.0 Å². The molecule has 0 spiro atoms. The molecule has 0 saturated carbocycles. The quantitative estimate of drug-likeness (QED) is 0.113. The highest BCUT2D eigenvalue weighted by Gasteiger charge is 2.54. The van der Waals surface area contributed by atoms with Crippen molar-refractivity contribution in [2.75, 3.05) is 24.3 Å². The van der Waals surface area contributed by atoms with Crippen LogP contribution in [0.25, 0.3) is 5.52 Å². The number of hydrogen-bond donors (Lipinski definition) is 3. The molecule has 2 aliphatic heterocycles. The molecule has 3 aromatic rings. The average molecular weight is 548 g/mol. The third-order valence-electron chi connectivity index (χ3n) is 5.26. The number of nitrogen functional groups attached to an aromatic ring is 1. The van der Waals surface area contributed by atoms with Crippen molar-refractivity contribution in [1.29, 1.82) is 0 Å². The second kappa shape index (κ2) is 9.75. The standard InChI is InChI=1S/C19H17N9O5S3/c1-33-25-12(10-6-36-19(20)23-10)15(29)24-13-16(30)28-14(18(31)32)8(5-35-17(13)28)4-34-11-2-9-3-22-26-27(9)7-21-11/h2-3,6-7,13,17H,4-5H2,1H3,(H2,20,23)(H,24,29)(H,31,32)/t13-,17-/m1/s1. The summed E-state index contributed by atoms with van der Waals surface area (Å²) in [6.45, 7) is 0. The number of thioether (sulfide) groups is 2. The molecule has 0 bridgehead atoms. The van der Waals surface area contributed by atoms with Crippen LogP contribution in [-0.2, 0) is 19.2 Å². The maximum atomic E-state index is 13.0. The van der Waals surface area contributed by atoms with Crippen LogP contribution in [-0.4, -0.2) is 88.3 Å². The summed E-state index contributed by atoms with van der Waals surface area (Å²) in [6.07, 6.45) is 3.12. The van der Waals surface area contributed by atoms with Gasteiger partial charge >= 0.3 is 5.97 Å². The highest BCUT2D eigenvalue weighted by Crippen LogP contribution is 2.41. The van der Waals surface area contributed by atoms with Crippen LogP contribution >= 0.6 is 34.9 Å². The van der Waals surface area contributed by atoms with Gasteiger partial charge in [-0.3, -0.25) is 14.5 Å². The van der Waals surface area contributed by atoms with Crippen molar-refractivity contribution >= 4 is 69.0 Å². The molecule has 2 amide bonds. The molecule has 2 atom stereocenters. The number of fused-ring (bicyclic) bond motifs is 2. The lowest BCUT2D eigenvalue weighted by atomic mass is 10.0. The molecule has 0 radical (unpaired) electrons. The highest BCUT2D eigenvalue weighted by molar-refractivity contribution is 8.01. The summed E-state index contributed by atoms with van der Waals surface area (Å²) in [5, 5.41) is 25.8. The number of hydrogen-bond acceptors (Lipinski definition) is 13. The predicted octanol–water partition coefficient (Wildman–Crippen LogP) is 0.0444. The second-order valence-corrected chi connectivity index (χ2v) is 10.4. The summed E-state index contributed by atoms with van der Waals surface area (Å²) in [7, 11) is 1.28. The zero-order valence-electron chi connectivity index (χ0n) is 18.4. The van der Waals surface area contributed by atoms with Crippen LogP contribution in [0.5, 0.6) is 0 Å². The van der Waals surface area contributed by atoms with Gasteiger partial charge in [0.25, 0.3) is 11.8 Å². The summed E-state index contributed by atoms with van der Waals surface area (Å²) in [5.41, 5.74) is 6.97. The number of oxime groups is 1. The van der Waals surface area contributed by atoms with Crippen molar-refractivity contribution in [3.05, 3.63) is 40.9 Å². The van der Waals surface area contributed by atoms with Gasteiger partial charge in [-0.2, -0.15) is 0 Å². The first kappa shape index (κ1) is 24.0. The summed E-state index contributed by atoms with van der Waals surface area (Å²) >= 11 is 3.84. The smallest absolute Gasteiger partial charge is 0.352 e. The molecule has 5 heterocycles. The maximum absolute atomic E-state index is 13.0. The van der Waals surface area contributed by atoms with E-state index < -0.39 is 29.2 Å². The fourth-order valence-corrected chi connectivity index (χ4v) is 6.57. The number of carbonyl (C=O) groups is 3. The Hall–Kier alpha value is -3.70. The molecular formula is C19H17N9O5S3. The van der Waals surface area contributed by atoms with Crippen LogP contribution in [0, 0.1) is 0 Å². The monoisotopic (exact) mass is 547 g/mol. The van der Waals surface area contributed by atoms with Gasteiger partial charge in [-0.25, -0.2) is 19.3 Å². The molecule has 14 nitrogen and oxygen atoms in total. The number of anilines is 1. The third kappa shape index (κ3) is 4.35. The van der Waals surface area contributed by atoms with Crippen LogP contribution in [0.2, 0.25) is 0 Å². The number of rotatable bonds is 8. The number of nitrogens with two attached hydrogens (primary N) is 1. The van der Waals surface area contributed by atoms with Crippen LogP contribution in [0.3, 0.4) is 0 Å². The van der Waals surface area contributed by atoms with E-state index in [2.05, 4.69) is 30.8 Å². The van der Waals surface area contributed by atoms with E-state index in [-0.39, 0.29) is 22.2 Å². The van der Waals surface area contributed by atoms with Crippen molar-refractivity contribution < 1.29 is 24.3 Å². The number of β-lactam (4-membered cyclic amide) rings is 1. The summed E-state index contributed by atoms with van der Waals surface area (Å²) in [6, 6.07) is 0.863. The fourth-order valence-electron chi connectivity index (χ4n) is 3.66. The molecule has 2 aliphatic rings. The molecule has 5 rings (SSSR count). The Kier molecular flexibility index (Phi) is 6.50. The van der Waals surface area contributed by atoms with Crippen molar-refractivity contribution in [3.8, 4) is 0 Å². The van der Waals surface area contributed by atoms with Gasteiger partial charge in [-0.05, 0) is 11.6 Å². The van der Waals surface area contributed by atoms with E-state index in [1.54, 1.807) is 17.6 Å². The number of carboxylic acids is 1. The van der Waals surface area contributed by atoms with Gasteiger partial charge in [-0.1, -0.05) is 10.4 Å². The van der Waals surface area contributed by atoms with Crippen molar-refractivity contribution in [3.63, 3.8) is 0 Å². The summed E-state index contributed by atoms with van der Waals surface area (Å²) < 4.78 is 1.52. The Balaban J connectivity index is 1.30. The second-order valence-electron chi connectivity index (χ2n) is 7.43. The molecule has 0 aromatic carbocycles. The number of carbonyl (C=O) groups excluding carboxylic acids is 2. The van der Waals surface area contributed by atoms with E-state index in [0.717, 1.165) is 16.9 Å². The summed E-state index contributed by atoms with van der Waals surface area (Å²) in [5.74, 6) is -1.73. The Morgan fingerprint density at radius 2 is 2.28 bits per heavy atom. The Labute approximate surface area is 215 Å². The number of thiazole rings is 1. The van der Waals surface area contributed by atoms with Crippen LogP contribution < -0.4 is 11.1 Å². The van der Waals surface area contributed by atoms with E-state index in [0.29, 0.717) is 22.1 Å². The number of amides is 2. The van der Waals surface area contributed by atoms with Crippen molar-refractivity contribution in [2.24, 2.45) is 5.16 Å². The van der Waals surface area contributed by atoms with Crippen LogP contribution in [0.4, 0.5) is 5.13 Å². The lowest BCUT2D eigenvalue weighted by Gasteiger charge is -2.49. The number of nitrogens with one attached hydrogen (secondary N) is 1. The zero-order chi connectivity index (χ0) is 25.4. The first-order chi connectivity index (χ1) is 17.4. The Bertz CT molecular complexity index is 1430. The lowest BCUT2D eigenvalue weighted by molar-refractivity contribution is -0.150. The van der Waals surface area contributed by atoms with Gasteiger partial charge in [-0.15, -0.1) is 40.0 Å². The van der Waals surface area contributed by atoms with Gasteiger partial charge in [0.1, 0.15) is 41.3 Å². The van der Waals surface area contributed by atoms with E-state index in [1.165, 1.54) is 46.4 Å².